The van der Waals surface area contributed by atoms with Crippen LogP contribution >= 0.6 is 11.3 Å². The summed E-state index contributed by atoms with van der Waals surface area (Å²) < 4.78 is 5.36. The number of furan rings is 1. The number of piperidine rings is 1. The summed E-state index contributed by atoms with van der Waals surface area (Å²) in [4.78, 5) is 17.0. The zero-order valence-electron chi connectivity index (χ0n) is 18.1. The molecular weight excluding hydrogens is 404 g/mol. The van der Waals surface area contributed by atoms with Crippen LogP contribution in [0.2, 0.25) is 0 Å². The Labute approximate surface area is 188 Å². The first-order valence-corrected chi connectivity index (χ1v) is 12.3. The summed E-state index contributed by atoms with van der Waals surface area (Å²) in [5.74, 6) is 0.978. The van der Waals surface area contributed by atoms with E-state index in [-0.39, 0.29) is 11.9 Å². The lowest BCUT2D eigenvalue weighted by Gasteiger charge is -2.38. The largest absolute Gasteiger partial charge is 0.459 e. The number of amides is 1. The van der Waals surface area contributed by atoms with Gasteiger partial charge in [0.2, 0.25) is 0 Å². The Hall–Kier alpha value is -2.37. The number of hydrogen-bond donors (Lipinski definition) is 1. The zero-order chi connectivity index (χ0) is 21.2. The number of carbonyl (C=O) groups excluding carboxylic acids is 1. The van der Waals surface area contributed by atoms with E-state index in [1.807, 2.05) is 0 Å². The summed E-state index contributed by atoms with van der Waals surface area (Å²) in [6, 6.07) is 14.5. The Morgan fingerprint density at radius 3 is 2.61 bits per heavy atom. The van der Waals surface area contributed by atoms with Crippen molar-refractivity contribution in [3.63, 3.8) is 0 Å². The van der Waals surface area contributed by atoms with Gasteiger partial charge in [0, 0.05) is 10.4 Å². The van der Waals surface area contributed by atoms with Crippen molar-refractivity contribution in [1.82, 2.24) is 4.90 Å². The van der Waals surface area contributed by atoms with Crippen LogP contribution in [-0.4, -0.2) is 23.9 Å². The standard InChI is InChI=1S/C26H30N2O2S/c1-18-13-15-28(16-14-18)24(19-8-3-2-4-9-19)23-20-10-5-6-12-22(20)31-26(23)27-25(29)21-11-7-17-30-21/h2-4,7-9,11,17-18,24H,5-6,10,12-16H2,1H3,(H,27,29)/t24-/m1/s1. The second-order valence-corrected chi connectivity index (χ2v) is 10.0. The van der Waals surface area contributed by atoms with Gasteiger partial charge in [-0.1, -0.05) is 37.3 Å². The van der Waals surface area contributed by atoms with E-state index in [9.17, 15) is 4.79 Å². The molecule has 5 rings (SSSR count). The van der Waals surface area contributed by atoms with Crippen molar-refractivity contribution in [2.75, 3.05) is 18.4 Å². The van der Waals surface area contributed by atoms with Crippen LogP contribution in [0.15, 0.2) is 53.1 Å². The summed E-state index contributed by atoms with van der Waals surface area (Å²) in [5, 5.41) is 4.23. The molecule has 162 valence electrons. The van der Waals surface area contributed by atoms with Crippen LogP contribution in [0.3, 0.4) is 0 Å². The third-order valence-corrected chi connectivity index (χ3v) is 7.98. The number of nitrogens with one attached hydrogen (secondary N) is 1. The number of rotatable bonds is 5. The number of anilines is 1. The molecule has 3 aromatic rings. The van der Waals surface area contributed by atoms with Crippen molar-refractivity contribution in [1.29, 1.82) is 0 Å². The molecule has 1 aliphatic carbocycles. The molecule has 1 atom stereocenters. The summed E-state index contributed by atoms with van der Waals surface area (Å²) >= 11 is 1.77. The molecule has 1 saturated heterocycles. The van der Waals surface area contributed by atoms with Gasteiger partial charge in [-0.15, -0.1) is 11.3 Å². The van der Waals surface area contributed by atoms with Crippen molar-refractivity contribution in [3.8, 4) is 0 Å². The Bertz CT molecular complexity index is 1020. The van der Waals surface area contributed by atoms with Crippen LogP contribution in [0.1, 0.15) is 70.8 Å². The molecule has 0 radical (unpaired) electrons. The van der Waals surface area contributed by atoms with Gasteiger partial charge < -0.3 is 9.73 Å². The van der Waals surface area contributed by atoms with Gasteiger partial charge >= 0.3 is 0 Å². The number of likely N-dealkylation sites (tertiary alicyclic amines) is 1. The molecule has 31 heavy (non-hydrogen) atoms. The molecule has 0 spiro atoms. The average molecular weight is 435 g/mol. The molecule has 1 amide bonds. The second-order valence-electron chi connectivity index (χ2n) is 8.92. The maximum atomic E-state index is 12.9. The number of fused-ring (bicyclic) bond motifs is 1. The third-order valence-electron chi connectivity index (χ3n) is 6.76. The summed E-state index contributed by atoms with van der Waals surface area (Å²) in [6.07, 6.45) is 8.68. The van der Waals surface area contributed by atoms with E-state index >= 15 is 0 Å². The summed E-state index contributed by atoms with van der Waals surface area (Å²) in [5.41, 5.74) is 4.11. The maximum Gasteiger partial charge on any atom is 0.291 e. The van der Waals surface area contributed by atoms with E-state index in [4.69, 9.17) is 4.42 Å². The summed E-state index contributed by atoms with van der Waals surface area (Å²) in [7, 11) is 0. The highest BCUT2D eigenvalue weighted by Gasteiger charge is 2.33. The molecule has 3 heterocycles. The molecule has 0 unspecified atom stereocenters. The number of thiophene rings is 1. The second kappa shape index (κ2) is 9.01. The van der Waals surface area contributed by atoms with Crippen LogP contribution in [0.25, 0.3) is 0 Å². The monoisotopic (exact) mass is 434 g/mol. The zero-order valence-corrected chi connectivity index (χ0v) is 18.9. The first-order chi connectivity index (χ1) is 15.2. The lowest BCUT2D eigenvalue weighted by atomic mass is 9.87. The van der Waals surface area contributed by atoms with Gasteiger partial charge in [0.1, 0.15) is 5.00 Å². The highest BCUT2D eigenvalue weighted by molar-refractivity contribution is 7.16. The average Bonchev–Trinajstić information content (AvgIpc) is 3.45. The van der Waals surface area contributed by atoms with Crippen molar-refractivity contribution in [2.24, 2.45) is 5.92 Å². The van der Waals surface area contributed by atoms with Gasteiger partial charge in [-0.25, -0.2) is 0 Å². The molecule has 1 fully saturated rings. The van der Waals surface area contributed by atoms with Crippen LogP contribution < -0.4 is 5.32 Å². The fourth-order valence-corrected chi connectivity index (χ4v) is 6.34. The lowest BCUT2D eigenvalue weighted by Crippen LogP contribution is -2.37. The van der Waals surface area contributed by atoms with E-state index in [1.165, 1.54) is 47.3 Å². The van der Waals surface area contributed by atoms with E-state index < -0.39 is 0 Å². The van der Waals surface area contributed by atoms with Gasteiger partial charge in [0.25, 0.3) is 5.91 Å². The van der Waals surface area contributed by atoms with Crippen molar-refractivity contribution >= 4 is 22.2 Å². The Morgan fingerprint density at radius 2 is 1.87 bits per heavy atom. The molecule has 5 heteroatoms. The fraction of sp³-hybridized carbons (Fsp3) is 0.423. The first-order valence-electron chi connectivity index (χ1n) is 11.5. The minimum Gasteiger partial charge on any atom is -0.459 e. The van der Waals surface area contributed by atoms with Crippen LogP contribution in [0.4, 0.5) is 5.00 Å². The van der Waals surface area contributed by atoms with E-state index in [0.717, 1.165) is 36.9 Å². The molecule has 0 bridgehead atoms. The molecular formula is C26H30N2O2S. The van der Waals surface area contributed by atoms with Gasteiger partial charge in [-0.2, -0.15) is 0 Å². The predicted molar refractivity (Wildman–Crippen MR) is 126 cm³/mol. The Kier molecular flexibility index (Phi) is 5.97. The predicted octanol–water partition coefficient (Wildman–Crippen LogP) is 6.29. The minimum absolute atomic E-state index is 0.163. The van der Waals surface area contributed by atoms with Crippen molar-refractivity contribution < 1.29 is 9.21 Å². The topological polar surface area (TPSA) is 45.5 Å². The molecule has 2 aromatic heterocycles. The van der Waals surface area contributed by atoms with Crippen molar-refractivity contribution in [2.45, 2.75) is 51.5 Å². The maximum absolute atomic E-state index is 12.9. The number of aryl methyl sites for hydroxylation is 1. The number of carbonyl (C=O) groups is 1. The van der Waals surface area contributed by atoms with E-state index in [0.29, 0.717) is 5.76 Å². The third kappa shape index (κ3) is 4.21. The fourth-order valence-electron chi connectivity index (χ4n) is 5.03. The SMILES string of the molecule is CC1CCN([C@H](c2ccccc2)c2c(NC(=O)c3ccco3)sc3c2CCCC3)CC1. The summed E-state index contributed by atoms with van der Waals surface area (Å²) in [6.45, 7) is 4.55. The smallest absolute Gasteiger partial charge is 0.291 e. The molecule has 1 N–H and O–H groups in total. The lowest BCUT2D eigenvalue weighted by molar-refractivity contribution is 0.0996. The molecule has 2 aliphatic rings. The van der Waals surface area contributed by atoms with Crippen LogP contribution in [0, 0.1) is 5.92 Å². The number of benzene rings is 1. The number of hydrogen-bond acceptors (Lipinski definition) is 4. The highest BCUT2D eigenvalue weighted by atomic mass is 32.1. The van der Waals surface area contributed by atoms with Gasteiger partial charge in [-0.3, -0.25) is 9.69 Å². The van der Waals surface area contributed by atoms with Gasteiger partial charge in [0.15, 0.2) is 5.76 Å². The van der Waals surface area contributed by atoms with Crippen molar-refractivity contribution in [3.05, 3.63) is 76.1 Å². The number of nitrogens with zero attached hydrogens (tertiary/aromatic N) is 1. The molecule has 4 nitrogen and oxygen atoms in total. The molecule has 0 saturated carbocycles. The Morgan fingerprint density at radius 1 is 1.10 bits per heavy atom. The first kappa shape index (κ1) is 20.5. The normalized spacial score (nSPS) is 18.5. The van der Waals surface area contributed by atoms with E-state index in [1.54, 1.807) is 29.7 Å². The Balaban J connectivity index is 1.59. The van der Waals surface area contributed by atoms with Crippen LogP contribution in [0.5, 0.6) is 0 Å². The van der Waals surface area contributed by atoms with Gasteiger partial charge in [-0.05, 0) is 80.8 Å². The molecule has 1 aliphatic heterocycles. The highest BCUT2D eigenvalue weighted by Crippen LogP contribution is 2.46. The van der Waals surface area contributed by atoms with E-state index in [2.05, 4.69) is 47.5 Å². The molecule has 1 aromatic carbocycles. The quantitative estimate of drug-likeness (QED) is 0.513. The van der Waals surface area contributed by atoms with Crippen LogP contribution in [-0.2, 0) is 12.8 Å². The van der Waals surface area contributed by atoms with Gasteiger partial charge in [0.05, 0.1) is 12.3 Å². The minimum atomic E-state index is -0.163.